The molecule has 0 aromatic heterocycles. The number of hydrogen-bond donors (Lipinski definition) is 2. The van der Waals surface area contributed by atoms with E-state index in [1.165, 1.54) is 4.90 Å². The third-order valence-electron chi connectivity index (χ3n) is 6.91. The molecule has 0 saturated heterocycles. The molecule has 0 saturated carbocycles. The van der Waals surface area contributed by atoms with Gasteiger partial charge in [0.05, 0.1) is 32.2 Å². The van der Waals surface area contributed by atoms with Crippen LogP contribution in [0.5, 0.6) is 17.2 Å². The van der Waals surface area contributed by atoms with Crippen LogP contribution in [0.1, 0.15) is 44.0 Å². The van der Waals surface area contributed by atoms with E-state index in [0.717, 1.165) is 0 Å². The van der Waals surface area contributed by atoms with Crippen molar-refractivity contribution >= 4 is 23.6 Å². The fourth-order valence-corrected chi connectivity index (χ4v) is 4.66. The zero-order valence-corrected chi connectivity index (χ0v) is 25.1. The van der Waals surface area contributed by atoms with E-state index in [1.54, 1.807) is 55.5 Å². The summed E-state index contributed by atoms with van der Waals surface area (Å²) in [4.78, 5) is 56.7. The van der Waals surface area contributed by atoms with Crippen LogP contribution in [-0.2, 0) is 14.4 Å². The third-order valence-corrected chi connectivity index (χ3v) is 6.91. The van der Waals surface area contributed by atoms with Crippen molar-refractivity contribution in [2.24, 2.45) is 5.92 Å². The maximum atomic E-state index is 13.6. The highest BCUT2D eigenvalue weighted by atomic mass is 16.5. The lowest BCUT2D eigenvalue weighted by atomic mass is 10.0. The molecule has 1 aliphatic rings. The van der Waals surface area contributed by atoms with Crippen molar-refractivity contribution in [3.63, 3.8) is 0 Å². The van der Waals surface area contributed by atoms with Gasteiger partial charge in [0.2, 0.25) is 17.7 Å². The number of nitrogens with one attached hydrogen (secondary N) is 2. The number of rotatable bonds is 9. The Labute approximate surface area is 247 Å². The van der Waals surface area contributed by atoms with Crippen LogP contribution in [0, 0.1) is 5.92 Å². The first kappa shape index (κ1) is 32.2. The number of hydrogen-bond acceptors (Lipinski definition) is 7. The average Bonchev–Trinajstić information content (AvgIpc) is 2.97. The SMILES string of the molecule is CCN1CCOc2ccccc2C(=O)N[C@H](C(=O)N(C)CCOc2ccccc2OC)CC(=O)N[C@@H](CC(C)C)C1=O. The molecule has 0 radical (unpaired) electrons. The Hall–Kier alpha value is -4.28. The van der Waals surface area contributed by atoms with E-state index in [-0.39, 0.29) is 43.6 Å². The number of methoxy groups -OCH3 is 1. The highest BCUT2D eigenvalue weighted by Crippen LogP contribution is 2.25. The monoisotopic (exact) mass is 582 g/mol. The number of ether oxygens (including phenoxy) is 3. The van der Waals surface area contributed by atoms with Crippen LogP contribution >= 0.6 is 0 Å². The lowest BCUT2D eigenvalue weighted by Crippen LogP contribution is -2.54. The van der Waals surface area contributed by atoms with Crippen LogP contribution in [0.15, 0.2) is 48.5 Å². The van der Waals surface area contributed by atoms with E-state index < -0.39 is 29.8 Å². The molecule has 2 aromatic carbocycles. The molecule has 0 spiro atoms. The van der Waals surface area contributed by atoms with Crippen molar-refractivity contribution < 1.29 is 33.4 Å². The van der Waals surface area contributed by atoms with Crippen molar-refractivity contribution in [1.29, 1.82) is 0 Å². The molecule has 2 atom stereocenters. The van der Waals surface area contributed by atoms with Gasteiger partial charge in [0.25, 0.3) is 5.91 Å². The van der Waals surface area contributed by atoms with E-state index in [2.05, 4.69) is 10.6 Å². The molecule has 0 bridgehead atoms. The molecule has 228 valence electrons. The fourth-order valence-electron chi connectivity index (χ4n) is 4.66. The smallest absolute Gasteiger partial charge is 0.255 e. The van der Waals surface area contributed by atoms with Crippen molar-refractivity contribution in [1.82, 2.24) is 20.4 Å². The summed E-state index contributed by atoms with van der Waals surface area (Å²) >= 11 is 0. The van der Waals surface area contributed by atoms with Crippen LogP contribution in [0.2, 0.25) is 0 Å². The van der Waals surface area contributed by atoms with Crippen LogP contribution < -0.4 is 24.8 Å². The van der Waals surface area contributed by atoms with Gasteiger partial charge in [0.1, 0.15) is 31.0 Å². The zero-order valence-electron chi connectivity index (χ0n) is 25.1. The Bertz CT molecular complexity index is 1240. The molecule has 2 N–H and O–H groups in total. The molecule has 1 heterocycles. The van der Waals surface area contributed by atoms with E-state index >= 15 is 0 Å². The largest absolute Gasteiger partial charge is 0.493 e. The summed E-state index contributed by atoms with van der Waals surface area (Å²) in [5.41, 5.74) is 0.224. The number of nitrogens with zero attached hydrogens (tertiary/aromatic N) is 2. The first-order valence-electron chi connectivity index (χ1n) is 14.3. The third kappa shape index (κ3) is 8.86. The van der Waals surface area contributed by atoms with Gasteiger partial charge >= 0.3 is 0 Å². The van der Waals surface area contributed by atoms with Crippen LogP contribution in [0.3, 0.4) is 0 Å². The summed E-state index contributed by atoms with van der Waals surface area (Å²) < 4.78 is 17.0. The predicted octanol–water partition coefficient (Wildman–Crippen LogP) is 2.49. The van der Waals surface area contributed by atoms with Gasteiger partial charge in [-0.15, -0.1) is 0 Å². The highest BCUT2D eigenvalue weighted by molar-refractivity contribution is 6.01. The van der Waals surface area contributed by atoms with Gasteiger partial charge in [-0.3, -0.25) is 19.2 Å². The Morgan fingerprint density at radius 1 is 1.07 bits per heavy atom. The molecule has 11 heteroatoms. The van der Waals surface area contributed by atoms with Crippen molar-refractivity contribution in [3.05, 3.63) is 54.1 Å². The number of para-hydroxylation sites is 3. The minimum Gasteiger partial charge on any atom is -0.493 e. The number of carbonyl (C=O) groups is 4. The van der Waals surface area contributed by atoms with Gasteiger partial charge in [-0.1, -0.05) is 38.1 Å². The van der Waals surface area contributed by atoms with Crippen LogP contribution in [-0.4, -0.2) is 92.5 Å². The summed E-state index contributed by atoms with van der Waals surface area (Å²) in [5, 5.41) is 5.54. The van der Waals surface area contributed by atoms with E-state index in [1.807, 2.05) is 32.9 Å². The summed E-state index contributed by atoms with van der Waals surface area (Å²) in [6.07, 6.45) is 0.0786. The first-order valence-corrected chi connectivity index (χ1v) is 14.3. The molecule has 0 fully saturated rings. The molecule has 11 nitrogen and oxygen atoms in total. The second-order valence-corrected chi connectivity index (χ2v) is 10.5. The van der Waals surface area contributed by atoms with E-state index in [9.17, 15) is 19.2 Å². The Morgan fingerprint density at radius 3 is 2.45 bits per heavy atom. The number of benzene rings is 2. The summed E-state index contributed by atoms with van der Waals surface area (Å²) in [7, 11) is 3.12. The maximum absolute atomic E-state index is 13.6. The second kappa shape index (κ2) is 15.6. The summed E-state index contributed by atoms with van der Waals surface area (Å²) in [5.74, 6) is -0.200. The van der Waals surface area contributed by atoms with Gasteiger partial charge in [-0.05, 0) is 43.5 Å². The number of fused-ring (bicyclic) bond motifs is 1. The van der Waals surface area contributed by atoms with Crippen molar-refractivity contribution in [2.45, 2.75) is 45.7 Å². The van der Waals surface area contributed by atoms with Crippen molar-refractivity contribution in [2.75, 3.05) is 47.0 Å². The van der Waals surface area contributed by atoms with E-state index in [0.29, 0.717) is 36.8 Å². The fraction of sp³-hybridized carbons (Fsp3) is 0.484. The van der Waals surface area contributed by atoms with Gasteiger partial charge < -0.3 is 34.6 Å². The molecule has 3 rings (SSSR count). The highest BCUT2D eigenvalue weighted by Gasteiger charge is 2.32. The molecule has 42 heavy (non-hydrogen) atoms. The number of likely N-dealkylation sites (N-methyl/N-ethyl adjacent to an activating group) is 2. The standard InChI is InChI=1S/C31H42N4O7/c1-6-35-16-18-41-25-12-8-7-11-22(25)29(37)33-24(20-28(36)32-23(31(35)39)19-21(2)3)30(38)34(4)15-17-42-27-14-10-9-13-26(27)40-5/h7-14,21,23-24H,6,15-20H2,1-5H3,(H,32,36)(H,33,37)/t23-,24-/m0/s1. The molecule has 1 aliphatic heterocycles. The minimum atomic E-state index is -1.19. The lowest BCUT2D eigenvalue weighted by Gasteiger charge is -2.29. The lowest BCUT2D eigenvalue weighted by molar-refractivity contribution is -0.138. The molecule has 0 unspecified atom stereocenters. The molecular weight excluding hydrogens is 540 g/mol. The average molecular weight is 583 g/mol. The van der Waals surface area contributed by atoms with Gasteiger partial charge in [0.15, 0.2) is 11.5 Å². The number of amides is 4. The van der Waals surface area contributed by atoms with Gasteiger partial charge in [0, 0.05) is 13.6 Å². The quantitative estimate of drug-likeness (QED) is 0.465. The topological polar surface area (TPSA) is 127 Å². The predicted molar refractivity (Wildman–Crippen MR) is 158 cm³/mol. The first-order chi connectivity index (χ1) is 20.1. The maximum Gasteiger partial charge on any atom is 0.255 e. The van der Waals surface area contributed by atoms with Gasteiger partial charge in [-0.25, -0.2) is 0 Å². The Kier molecular flexibility index (Phi) is 12.0. The van der Waals surface area contributed by atoms with Gasteiger partial charge in [-0.2, -0.15) is 0 Å². The normalized spacial score (nSPS) is 18.2. The molecule has 2 aromatic rings. The molecule has 4 amide bonds. The number of carbonyl (C=O) groups excluding carboxylic acids is 4. The van der Waals surface area contributed by atoms with Crippen LogP contribution in [0.4, 0.5) is 0 Å². The van der Waals surface area contributed by atoms with Crippen molar-refractivity contribution in [3.8, 4) is 17.2 Å². The van der Waals surface area contributed by atoms with Crippen LogP contribution in [0.25, 0.3) is 0 Å². The van der Waals surface area contributed by atoms with E-state index in [4.69, 9.17) is 14.2 Å². The molecule has 0 aliphatic carbocycles. The summed E-state index contributed by atoms with van der Waals surface area (Å²) in [6, 6.07) is 11.9. The second-order valence-electron chi connectivity index (χ2n) is 10.5. The minimum absolute atomic E-state index is 0.131. The Balaban J connectivity index is 1.84. The molecular formula is C31H42N4O7. The summed E-state index contributed by atoms with van der Waals surface area (Å²) in [6.45, 7) is 7.01. The Morgan fingerprint density at radius 2 is 1.76 bits per heavy atom. The zero-order chi connectivity index (χ0) is 30.6.